The summed E-state index contributed by atoms with van der Waals surface area (Å²) in [5.74, 6) is 0.193. The first kappa shape index (κ1) is 21.1. The summed E-state index contributed by atoms with van der Waals surface area (Å²) in [6.07, 6.45) is -1.17. The second-order valence-electron chi connectivity index (χ2n) is 6.02. The maximum atomic E-state index is 10.8. The Morgan fingerprint density at radius 3 is 2.68 bits per heavy atom. The first-order chi connectivity index (χ1) is 11.6. The summed E-state index contributed by atoms with van der Waals surface area (Å²) in [5.41, 5.74) is 4.48. The van der Waals surface area contributed by atoms with Crippen molar-refractivity contribution in [3.63, 3.8) is 0 Å². The average Bonchev–Trinajstić information content (AvgIpc) is 2.65. The highest BCUT2D eigenvalue weighted by Gasteiger charge is 2.41. The summed E-state index contributed by atoms with van der Waals surface area (Å²) < 4.78 is 10.6. The van der Waals surface area contributed by atoms with E-state index in [0.717, 1.165) is 0 Å². The van der Waals surface area contributed by atoms with Crippen molar-refractivity contribution in [2.45, 2.75) is 51.2 Å². The maximum absolute atomic E-state index is 10.8. The van der Waals surface area contributed by atoms with Gasteiger partial charge in [-0.3, -0.25) is 4.99 Å². The molecule has 25 heavy (non-hydrogen) atoms. The standard InChI is InChI=1S/C16H28N4O5/c1-9(2)25-15(19-11(4)17)13-10(3)20-16(23,6-7-18-13)14(22)12(8-21)24-5/h7,9,12,14,20-23H,4,6,8,17H2,1-3,5H3/b19-15+. The molecule has 0 spiro atoms. The normalized spacial score (nSPS) is 23.9. The van der Waals surface area contributed by atoms with Crippen LogP contribution in [-0.4, -0.2) is 65.2 Å². The lowest BCUT2D eigenvalue weighted by molar-refractivity contribution is -0.151. The van der Waals surface area contributed by atoms with Gasteiger partial charge >= 0.3 is 0 Å². The molecule has 3 unspecified atom stereocenters. The molecule has 1 aliphatic heterocycles. The molecule has 0 saturated heterocycles. The Balaban J connectivity index is 3.22. The van der Waals surface area contributed by atoms with E-state index >= 15 is 0 Å². The van der Waals surface area contributed by atoms with Crippen LogP contribution in [0.1, 0.15) is 27.2 Å². The Bertz CT molecular complexity index is 569. The fourth-order valence-corrected chi connectivity index (χ4v) is 2.32. The Labute approximate surface area is 147 Å². The van der Waals surface area contributed by atoms with Crippen LogP contribution in [0.5, 0.6) is 0 Å². The Morgan fingerprint density at radius 1 is 1.56 bits per heavy atom. The van der Waals surface area contributed by atoms with E-state index in [9.17, 15) is 15.3 Å². The number of nitrogens with two attached hydrogens (primary N) is 1. The number of rotatable bonds is 7. The van der Waals surface area contributed by atoms with E-state index in [1.165, 1.54) is 13.3 Å². The highest BCUT2D eigenvalue weighted by Crippen LogP contribution is 2.23. The zero-order valence-electron chi connectivity index (χ0n) is 15.1. The predicted molar refractivity (Wildman–Crippen MR) is 94.8 cm³/mol. The van der Waals surface area contributed by atoms with Gasteiger partial charge < -0.3 is 35.8 Å². The summed E-state index contributed by atoms with van der Waals surface area (Å²) in [6, 6.07) is 0. The van der Waals surface area contributed by atoms with Crippen molar-refractivity contribution in [2.75, 3.05) is 13.7 Å². The number of ether oxygens (including phenoxy) is 2. The van der Waals surface area contributed by atoms with Gasteiger partial charge in [0.05, 0.1) is 12.7 Å². The van der Waals surface area contributed by atoms with Gasteiger partial charge in [-0.15, -0.1) is 0 Å². The molecule has 0 fully saturated rings. The van der Waals surface area contributed by atoms with Gasteiger partial charge in [-0.25, -0.2) is 0 Å². The number of nitrogens with zero attached hydrogens (tertiary/aromatic N) is 2. The number of allylic oxidation sites excluding steroid dienone is 1. The topological polar surface area (TPSA) is 142 Å². The second-order valence-corrected chi connectivity index (χ2v) is 6.02. The van der Waals surface area contributed by atoms with Crippen LogP contribution >= 0.6 is 0 Å². The molecule has 0 aromatic rings. The molecule has 1 heterocycles. The molecule has 0 bridgehead atoms. The van der Waals surface area contributed by atoms with Crippen molar-refractivity contribution in [3.8, 4) is 0 Å². The third-order valence-electron chi connectivity index (χ3n) is 3.50. The fraction of sp³-hybridized carbons (Fsp3) is 0.625. The molecule has 9 heteroatoms. The van der Waals surface area contributed by atoms with Crippen LogP contribution in [0.4, 0.5) is 0 Å². The molecule has 9 nitrogen and oxygen atoms in total. The van der Waals surface area contributed by atoms with Gasteiger partial charge in [0.25, 0.3) is 0 Å². The Hall–Kier alpha value is -1.94. The molecule has 1 rings (SSSR count). The van der Waals surface area contributed by atoms with E-state index in [1.807, 2.05) is 13.8 Å². The van der Waals surface area contributed by atoms with Crippen molar-refractivity contribution in [2.24, 2.45) is 15.7 Å². The highest BCUT2D eigenvalue weighted by atomic mass is 16.5. The minimum atomic E-state index is -1.79. The quantitative estimate of drug-likeness (QED) is 0.308. The van der Waals surface area contributed by atoms with Crippen molar-refractivity contribution in [3.05, 3.63) is 23.8 Å². The zero-order valence-corrected chi connectivity index (χ0v) is 15.1. The van der Waals surface area contributed by atoms with Gasteiger partial charge in [-0.05, 0) is 20.8 Å². The third kappa shape index (κ3) is 5.53. The monoisotopic (exact) mass is 356 g/mol. The summed E-state index contributed by atoms with van der Waals surface area (Å²) in [4.78, 5) is 8.31. The molecule has 3 atom stereocenters. The summed E-state index contributed by atoms with van der Waals surface area (Å²) in [5, 5.41) is 33.3. The van der Waals surface area contributed by atoms with Crippen molar-refractivity contribution < 1.29 is 24.8 Å². The molecule has 0 saturated carbocycles. The smallest absolute Gasteiger partial charge is 0.243 e. The van der Waals surface area contributed by atoms with E-state index in [2.05, 4.69) is 21.9 Å². The van der Waals surface area contributed by atoms with Gasteiger partial charge in [-0.1, -0.05) is 6.58 Å². The fourth-order valence-electron chi connectivity index (χ4n) is 2.32. The average molecular weight is 356 g/mol. The molecular formula is C16H28N4O5. The molecule has 6 N–H and O–H groups in total. The third-order valence-corrected chi connectivity index (χ3v) is 3.50. The maximum Gasteiger partial charge on any atom is 0.243 e. The van der Waals surface area contributed by atoms with Crippen LogP contribution in [0.2, 0.25) is 0 Å². The second kappa shape index (κ2) is 8.95. The van der Waals surface area contributed by atoms with Crippen LogP contribution in [-0.2, 0) is 9.47 Å². The SMILES string of the molecule is C=C(N)/N=C(/OC(C)C)C1=C(C)NC(O)(C(O)C(CO)OC)CC=N1. The van der Waals surface area contributed by atoms with Crippen LogP contribution in [0.3, 0.4) is 0 Å². The van der Waals surface area contributed by atoms with Crippen LogP contribution in [0, 0.1) is 0 Å². The van der Waals surface area contributed by atoms with Gasteiger partial charge in [0.2, 0.25) is 5.90 Å². The molecule has 0 aromatic carbocycles. The number of methoxy groups -OCH3 is 1. The molecule has 0 radical (unpaired) electrons. The van der Waals surface area contributed by atoms with Crippen molar-refractivity contribution >= 4 is 12.1 Å². The molecule has 1 aliphatic rings. The largest absolute Gasteiger partial charge is 0.473 e. The lowest BCUT2D eigenvalue weighted by Gasteiger charge is -2.36. The number of hydrogen-bond acceptors (Lipinski definition) is 9. The minimum Gasteiger partial charge on any atom is -0.473 e. The van der Waals surface area contributed by atoms with E-state index in [4.69, 9.17) is 15.2 Å². The highest BCUT2D eigenvalue weighted by molar-refractivity contribution is 5.96. The summed E-state index contributed by atoms with van der Waals surface area (Å²) in [7, 11) is 1.33. The van der Waals surface area contributed by atoms with Crippen LogP contribution in [0.25, 0.3) is 0 Å². The lowest BCUT2D eigenvalue weighted by atomic mass is 9.98. The van der Waals surface area contributed by atoms with Gasteiger partial charge in [0.1, 0.15) is 23.7 Å². The Morgan fingerprint density at radius 2 is 2.20 bits per heavy atom. The zero-order chi connectivity index (χ0) is 19.2. The molecule has 0 aromatic heterocycles. The van der Waals surface area contributed by atoms with Crippen molar-refractivity contribution in [1.82, 2.24) is 5.32 Å². The number of aliphatic hydroxyl groups is 3. The molecular weight excluding hydrogens is 328 g/mol. The van der Waals surface area contributed by atoms with Gasteiger partial charge in [0, 0.05) is 25.4 Å². The van der Waals surface area contributed by atoms with E-state index < -0.39 is 24.5 Å². The minimum absolute atomic E-state index is 0.0343. The van der Waals surface area contributed by atoms with Gasteiger partial charge in [0.15, 0.2) is 5.72 Å². The number of hydrogen-bond donors (Lipinski definition) is 5. The first-order valence-corrected chi connectivity index (χ1v) is 7.90. The summed E-state index contributed by atoms with van der Waals surface area (Å²) in [6.45, 7) is 8.37. The lowest BCUT2D eigenvalue weighted by Crippen LogP contribution is -2.59. The number of nitrogens with one attached hydrogen (secondary N) is 1. The van der Waals surface area contributed by atoms with Crippen molar-refractivity contribution in [1.29, 1.82) is 0 Å². The number of aliphatic hydroxyl groups excluding tert-OH is 2. The van der Waals surface area contributed by atoms with E-state index in [1.54, 1.807) is 6.92 Å². The molecule has 0 aliphatic carbocycles. The van der Waals surface area contributed by atoms with Crippen LogP contribution in [0.15, 0.2) is 33.8 Å². The van der Waals surface area contributed by atoms with E-state index in [0.29, 0.717) is 11.4 Å². The van der Waals surface area contributed by atoms with Gasteiger partial charge in [-0.2, -0.15) is 4.99 Å². The molecule has 0 amide bonds. The van der Waals surface area contributed by atoms with Crippen LogP contribution < -0.4 is 11.1 Å². The summed E-state index contributed by atoms with van der Waals surface area (Å²) >= 11 is 0. The molecule has 142 valence electrons. The van der Waals surface area contributed by atoms with E-state index in [-0.39, 0.29) is 24.2 Å². The predicted octanol–water partition coefficient (Wildman–Crippen LogP) is -0.408. The number of aliphatic imine (C=N–C) groups is 2. The Kier molecular flexibility index (Phi) is 7.56. The first-order valence-electron chi connectivity index (χ1n) is 7.90.